The molecule has 2 aliphatic rings. The normalized spacial score (nSPS) is 24.2. The average molecular weight is 310 g/mol. The molecule has 5 nitrogen and oxygen atoms in total. The number of carbonyl (C=O) groups is 2. The zero-order valence-electron chi connectivity index (χ0n) is 14.2. The molecule has 126 valence electrons. The molecule has 2 heterocycles. The van der Waals surface area contributed by atoms with Gasteiger partial charge < -0.3 is 14.5 Å². The van der Waals surface area contributed by atoms with Crippen LogP contribution in [-0.4, -0.2) is 61.0 Å². The second-order valence-corrected chi connectivity index (χ2v) is 7.08. The van der Waals surface area contributed by atoms with Crippen LogP contribution in [0.3, 0.4) is 0 Å². The first kappa shape index (κ1) is 17.3. The maximum Gasteiger partial charge on any atom is 0.245 e. The van der Waals surface area contributed by atoms with Crippen LogP contribution in [0.5, 0.6) is 0 Å². The van der Waals surface area contributed by atoms with Crippen LogP contribution >= 0.6 is 0 Å². The van der Waals surface area contributed by atoms with E-state index in [-0.39, 0.29) is 17.9 Å². The van der Waals surface area contributed by atoms with Crippen molar-refractivity contribution in [3.63, 3.8) is 0 Å². The van der Waals surface area contributed by atoms with Gasteiger partial charge >= 0.3 is 0 Å². The number of carbonyl (C=O) groups excluding carboxylic acids is 2. The zero-order valence-corrected chi connectivity index (χ0v) is 14.2. The monoisotopic (exact) mass is 310 g/mol. The van der Waals surface area contributed by atoms with E-state index in [0.29, 0.717) is 24.9 Å². The third-order valence-corrected chi connectivity index (χ3v) is 4.72. The van der Waals surface area contributed by atoms with Gasteiger partial charge in [-0.15, -0.1) is 0 Å². The lowest BCUT2D eigenvalue weighted by Crippen LogP contribution is -2.52. The molecule has 0 aliphatic carbocycles. The molecular weight excluding hydrogens is 280 g/mol. The molecular formula is C17H30N2O3. The van der Waals surface area contributed by atoms with E-state index >= 15 is 0 Å². The predicted molar refractivity (Wildman–Crippen MR) is 85.4 cm³/mol. The minimum absolute atomic E-state index is 0.141. The number of hydrogen-bond acceptors (Lipinski definition) is 3. The summed E-state index contributed by atoms with van der Waals surface area (Å²) in [7, 11) is 1.71. The van der Waals surface area contributed by atoms with Gasteiger partial charge in [0.1, 0.15) is 6.04 Å². The van der Waals surface area contributed by atoms with Gasteiger partial charge in [0.05, 0.1) is 6.61 Å². The van der Waals surface area contributed by atoms with E-state index in [9.17, 15) is 9.59 Å². The fraction of sp³-hybridized carbons (Fsp3) is 0.882. The van der Waals surface area contributed by atoms with E-state index in [1.807, 2.05) is 9.80 Å². The molecule has 22 heavy (non-hydrogen) atoms. The molecule has 0 radical (unpaired) electrons. The fourth-order valence-electron chi connectivity index (χ4n) is 3.58. The lowest BCUT2D eigenvalue weighted by Gasteiger charge is -2.36. The van der Waals surface area contributed by atoms with Gasteiger partial charge in [-0.25, -0.2) is 0 Å². The third-order valence-electron chi connectivity index (χ3n) is 4.72. The second-order valence-electron chi connectivity index (χ2n) is 7.08. The van der Waals surface area contributed by atoms with Crippen molar-refractivity contribution in [1.29, 1.82) is 0 Å². The Bertz CT molecular complexity index is 397. The van der Waals surface area contributed by atoms with Crippen molar-refractivity contribution in [3.05, 3.63) is 0 Å². The Balaban J connectivity index is 2.04. The molecule has 0 aromatic carbocycles. The summed E-state index contributed by atoms with van der Waals surface area (Å²) in [6, 6.07) is -0.269. The summed E-state index contributed by atoms with van der Waals surface area (Å²) >= 11 is 0. The standard InChI is InChI=1S/C17H30N2O3/c1-13(2)10-15(19-8-5-4-6-16(19)20)17(21)18-9-7-14(11-18)12-22-3/h13-15H,4-12H2,1-3H3/t14-,15+/m1/s1. The lowest BCUT2D eigenvalue weighted by molar-refractivity contribution is -0.147. The summed E-state index contributed by atoms with van der Waals surface area (Å²) in [5.74, 6) is 1.13. The minimum Gasteiger partial charge on any atom is -0.384 e. The van der Waals surface area contributed by atoms with Crippen molar-refractivity contribution in [2.24, 2.45) is 11.8 Å². The topological polar surface area (TPSA) is 49.9 Å². The first-order chi connectivity index (χ1) is 10.5. The molecule has 5 heteroatoms. The Morgan fingerprint density at radius 2 is 2.09 bits per heavy atom. The number of amides is 2. The van der Waals surface area contributed by atoms with E-state index in [0.717, 1.165) is 45.3 Å². The molecule has 2 saturated heterocycles. The number of nitrogens with zero attached hydrogens (tertiary/aromatic N) is 2. The van der Waals surface area contributed by atoms with Crippen molar-refractivity contribution < 1.29 is 14.3 Å². The minimum atomic E-state index is -0.269. The molecule has 0 aromatic heterocycles. The Hall–Kier alpha value is -1.10. The highest BCUT2D eigenvalue weighted by atomic mass is 16.5. The average Bonchev–Trinajstić information content (AvgIpc) is 2.94. The van der Waals surface area contributed by atoms with Gasteiger partial charge in [-0.2, -0.15) is 0 Å². The van der Waals surface area contributed by atoms with Crippen LogP contribution in [0.1, 0.15) is 46.0 Å². The molecule has 0 N–H and O–H groups in total. The van der Waals surface area contributed by atoms with Crippen LogP contribution in [-0.2, 0) is 14.3 Å². The highest BCUT2D eigenvalue weighted by molar-refractivity contribution is 5.88. The van der Waals surface area contributed by atoms with Crippen molar-refractivity contribution in [2.75, 3.05) is 33.4 Å². The quantitative estimate of drug-likeness (QED) is 0.753. The van der Waals surface area contributed by atoms with Crippen LogP contribution < -0.4 is 0 Å². The van der Waals surface area contributed by atoms with Crippen LogP contribution in [0.25, 0.3) is 0 Å². The van der Waals surface area contributed by atoms with Crippen LogP contribution in [0.4, 0.5) is 0 Å². The molecule has 2 atom stereocenters. The van der Waals surface area contributed by atoms with Crippen molar-refractivity contribution >= 4 is 11.8 Å². The summed E-state index contributed by atoms with van der Waals surface area (Å²) in [6.45, 7) is 7.24. The molecule has 2 fully saturated rings. The number of hydrogen-bond donors (Lipinski definition) is 0. The maximum atomic E-state index is 13.0. The van der Waals surface area contributed by atoms with Gasteiger partial charge in [0.2, 0.25) is 11.8 Å². The van der Waals surface area contributed by atoms with E-state index in [1.165, 1.54) is 0 Å². The van der Waals surface area contributed by atoms with E-state index in [4.69, 9.17) is 4.74 Å². The molecule has 0 saturated carbocycles. The second kappa shape index (κ2) is 7.95. The lowest BCUT2D eigenvalue weighted by atomic mass is 9.98. The van der Waals surface area contributed by atoms with Gasteiger partial charge in [0.15, 0.2) is 0 Å². The van der Waals surface area contributed by atoms with E-state index in [1.54, 1.807) is 7.11 Å². The maximum absolute atomic E-state index is 13.0. The van der Waals surface area contributed by atoms with Crippen LogP contribution in [0.15, 0.2) is 0 Å². The number of likely N-dealkylation sites (tertiary alicyclic amines) is 2. The molecule has 0 bridgehead atoms. The van der Waals surface area contributed by atoms with E-state index < -0.39 is 0 Å². The van der Waals surface area contributed by atoms with Gasteiger partial charge in [0.25, 0.3) is 0 Å². The van der Waals surface area contributed by atoms with Crippen LogP contribution in [0.2, 0.25) is 0 Å². The largest absolute Gasteiger partial charge is 0.384 e. The molecule has 0 unspecified atom stereocenters. The fourth-order valence-corrected chi connectivity index (χ4v) is 3.58. The van der Waals surface area contributed by atoms with Gasteiger partial charge in [-0.3, -0.25) is 9.59 Å². The highest BCUT2D eigenvalue weighted by Gasteiger charge is 2.36. The van der Waals surface area contributed by atoms with Crippen molar-refractivity contribution in [1.82, 2.24) is 9.80 Å². The molecule has 2 aliphatic heterocycles. The number of methoxy groups -OCH3 is 1. The third kappa shape index (κ3) is 4.22. The van der Waals surface area contributed by atoms with Crippen LogP contribution in [0, 0.1) is 11.8 Å². The number of ether oxygens (including phenoxy) is 1. The highest BCUT2D eigenvalue weighted by Crippen LogP contribution is 2.24. The Kier molecular flexibility index (Phi) is 6.24. The Labute approximate surface area is 134 Å². The Morgan fingerprint density at radius 1 is 1.32 bits per heavy atom. The van der Waals surface area contributed by atoms with Crippen molar-refractivity contribution in [3.8, 4) is 0 Å². The predicted octanol–water partition coefficient (Wildman–Crippen LogP) is 1.91. The summed E-state index contributed by atoms with van der Waals surface area (Å²) in [4.78, 5) is 29.0. The first-order valence-corrected chi connectivity index (χ1v) is 8.60. The van der Waals surface area contributed by atoms with Gasteiger partial charge in [-0.05, 0) is 31.6 Å². The van der Waals surface area contributed by atoms with Gasteiger partial charge in [-0.1, -0.05) is 13.8 Å². The first-order valence-electron chi connectivity index (χ1n) is 8.60. The van der Waals surface area contributed by atoms with Gasteiger partial charge in [0, 0.05) is 39.1 Å². The zero-order chi connectivity index (χ0) is 16.1. The SMILES string of the molecule is COC[C@@H]1CCN(C(=O)[C@H](CC(C)C)N2CCCCC2=O)C1. The number of piperidine rings is 1. The summed E-state index contributed by atoms with van der Waals surface area (Å²) in [6.07, 6.45) is 4.32. The molecule has 0 spiro atoms. The van der Waals surface area contributed by atoms with E-state index in [2.05, 4.69) is 13.8 Å². The number of rotatable bonds is 6. The van der Waals surface area contributed by atoms with Crippen molar-refractivity contribution in [2.45, 2.75) is 52.0 Å². The smallest absolute Gasteiger partial charge is 0.245 e. The molecule has 2 amide bonds. The summed E-state index contributed by atoms with van der Waals surface area (Å²) in [5.41, 5.74) is 0. The molecule has 2 rings (SSSR count). The summed E-state index contributed by atoms with van der Waals surface area (Å²) in [5, 5.41) is 0. The Morgan fingerprint density at radius 3 is 2.73 bits per heavy atom. The molecule has 0 aromatic rings. The summed E-state index contributed by atoms with van der Waals surface area (Å²) < 4.78 is 5.21.